The van der Waals surface area contributed by atoms with Gasteiger partial charge in [0.05, 0.1) is 5.56 Å². The van der Waals surface area contributed by atoms with Crippen LogP contribution in [0.4, 0.5) is 19.1 Å². The van der Waals surface area contributed by atoms with Crippen molar-refractivity contribution >= 4 is 16.7 Å². The number of benzene rings is 2. The Hall–Kier alpha value is -3.39. The van der Waals surface area contributed by atoms with Crippen LogP contribution in [0, 0.1) is 0 Å². The van der Waals surface area contributed by atoms with Gasteiger partial charge in [-0.1, -0.05) is 29.4 Å². The summed E-state index contributed by atoms with van der Waals surface area (Å²) in [4.78, 5) is 4.10. The van der Waals surface area contributed by atoms with Crippen LogP contribution in [-0.4, -0.2) is 22.7 Å². The molecule has 30 heavy (non-hydrogen) atoms. The number of hydrogen-bond acceptors (Lipinski definition) is 5. The van der Waals surface area contributed by atoms with Gasteiger partial charge in [0.2, 0.25) is 5.88 Å². The highest BCUT2D eigenvalue weighted by Crippen LogP contribution is 2.29. The maximum absolute atomic E-state index is 12.6. The van der Waals surface area contributed by atoms with Gasteiger partial charge in [0.15, 0.2) is 0 Å². The van der Waals surface area contributed by atoms with Crippen molar-refractivity contribution in [1.82, 2.24) is 10.1 Å². The molecule has 2 heterocycles. The van der Waals surface area contributed by atoms with E-state index in [0.29, 0.717) is 24.5 Å². The average Bonchev–Trinajstić information content (AvgIpc) is 3.21. The molecule has 0 unspecified atom stereocenters. The zero-order chi connectivity index (χ0) is 21.1. The van der Waals surface area contributed by atoms with E-state index in [2.05, 4.69) is 15.5 Å². The predicted octanol–water partition coefficient (Wildman–Crippen LogP) is 4.89. The molecule has 0 aliphatic carbocycles. The molecule has 2 aromatic heterocycles. The zero-order valence-electron chi connectivity index (χ0n) is 15.9. The lowest BCUT2D eigenvalue weighted by atomic mass is 10.0. The Morgan fingerprint density at radius 2 is 1.80 bits per heavy atom. The van der Waals surface area contributed by atoms with Gasteiger partial charge in [-0.15, -0.1) is 0 Å². The molecule has 154 valence electrons. The molecule has 4 aromatic rings. The number of aromatic nitrogens is 2. The van der Waals surface area contributed by atoms with Gasteiger partial charge in [-0.05, 0) is 41.6 Å². The monoisotopic (exact) mass is 412 g/mol. The third-order valence-corrected chi connectivity index (χ3v) is 4.76. The van der Waals surface area contributed by atoms with Gasteiger partial charge >= 0.3 is 6.18 Å². The fourth-order valence-corrected chi connectivity index (χ4v) is 3.17. The third-order valence-electron chi connectivity index (χ3n) is 4.76. The minimum absolute atomic E-state index is 0.302. The van der Waals surface area contributed by atoms with E-state index < -0.39 is 11.7 Å². The number of hydrogen-bond donors (Lipinski definition) is 2. The van der Waals surface area contributed by atoms with E-state index in [0.717, 1.165) is 34.0 Å². The van der Waals surface area contributed by atoms with Crippen molar-refractivity contribution in [2.75, 3.05) is 11.9 Å². The Balaban J connectivity index is 1.35. The van der Waals surface area contributed by atoms with Crippen LogP contribution in [0.15, 0.2) is 71.5 Å². The smallest absolute Gasteiger partial charge is 0.352 e. The number of halogens is 3. The first-order valence-corrected chi connectivity index (χ1v) is 9.35. The highest BCUT2D eigenvalue weighted by atomic mass is 19.4. The molecule has 0 fully saturated rings. The highest BCUT2D eigenvalue weighted by Gasteiger charge is 2.29. The maximum atomic E-state index is 12.6. The van der Waals surface area contributed by atoms with Crippen molar-refractivity contribution < 1.29 is 17.7 Å². The predicted molar refractivity (Wildman–Crippen MR) is 109 cm³/mol. The molecular formula is C22H19F3N4O. The normalized spacial score (nSPS) is 12.8. The van der Waals surface area contributed by atoms with Crippen LogP contribution in [0.5, 0.6) is 0 Å². The molecule has 0 radical (unpaired) electrons. The van der Waals surface area contributed by atoms with Crippen molar-refractivity contribution in [3.63, 3.8) is 0 Å². The second kappa shape index (κ2) is 8.16. The largest absolute Gasteiger partial charge is 0.416 e. The number of nitrogens with two attached hydrogens (primary N) is 1. The Bertz CT molecular complexity index is 1140. The minimum Gasteiger partial charge on any atom is -0.352 e. The summed E-state index contributed by atoms with van der Waals surface area (Å²) in [7, 11) is 0. The summed E-state index contributed by atoms with van der Waals surface area (Å²) in [5.41, 5.74) is 7.78. The number of rotatable bonds is 6. The summed E-state index contributed by atoms with van der Waals surface area (Å²) in [5, 5.41) is 9.26. The lowest BCUT2D eigenvalue weighted by molar-refractivity contribution is -0.137. The van der Waals surface area contributed by atoms with Crippen LogP contribution in [0.3, 0.4) is 0 Å². The molecular weight excluding hydrogens is 393 g/mol. The molecule has 5 nitrogen and oxygen atoms in total. The van der Waals surface area contributed by atoms with Gasteiger partial charge in [0, 0.05) is 42.0 Å². The van der Waals surface area contributed by atoms with Crippen molar-refractivity contribution in [2.24, 2.45) is 5.73 Å². The first-order valence-electron chi connectivity index (χ1n) is 9.35. The molecule has 0 amide bonds. The number of anilines is 1. The van der Waals surface area contributed by atoms with Crippen LogP contribution in [0.1, 0.15) is 11.1 Å². The van der Waals surface area contributed by atoms with Gasteiger partial charge < -0.3 is 15.6 Å². The van der Waals surface area contributed by atoms with E-state index in [1.807, 2.05) is 24.3 Å². The van der Waals surface area contributed by atoms with Crippen LogP contribution in [-0.2, 0) is 12.6 Å². The summed E-state index contributed by atoms with van der Waals surface area (Å²) in [6.07, 6.45) is -0.369. The molecule has 3 N–H and O–H groups in total. The van der Waals surface area contributed by atoms with E-state index in [9.17, 15) is 13.2 Å². The van der Waals surface area contributed by atoms with Crippen LogP contribution in [0.25, 0.3) is 22.0 Å². The fraction of sp³-hybridized carbons (Fsp3) is 0.182. The van der Waals surface area contributed by atoms with Gasteiger partial charge in [0.25, 0.3) is 0 Å². The van der Waals surface area contributed by atoms with Crippen molar-refractivity contribution in [1.29, 1.82) is 0 Å². The van der Waals surface area contributed by atoms with Crippen LogP contribution < -0.4 is 11.1 Å². The molecule has 0 aliphatic heterocycles. The molecule has 8 heteroatoms. The molecule has 0 saturated carbocycles. The standard InChI is InChI=1S/C22H19F3N4O/c23-22(24,25)18-5-1-14(2-6-18)9-19(26)13-28-21-11-20(29-30-21)16-3-4-17-12-27-8-7-15(17)10-16/h1-8,10-12,19,28H,9,13,26H2/t19-/m1/s1. The quantitative estimate of drug-likeness (QED) is 0.472. The minimum atomic E-state index is -4.34. The average molecular weight is 412 g/mol. The SMILES string of the molecule is N[C@@H](CNc1cc(-c2ccc3cnccc3c2)no1)Cc1ccc(C(F)(F)F)cc1. The number of pyridine rings is 1. The maximum Gasteiger partial charge on any atom is 0.416 e. The van der Waals surface area contributed by atoms with E-state index in [-0.39, 0.29) is 6.04 Å². The molecule has 4 rings (SSSR count). The molecule has 0 saturated heterocycles. The van der Waals surface area contributed by atoms with Crippen LogP contribution in [0.2, 0.25) is 0 Å². The fourth-order valence-electron chi connectivity index (χ4n) is 3.17. The second-order valence-electron chi connectivity index (χ2n) is 7.05. The summed E-state index contributed by atoms with van der Waals surface area (Å²) in [5.74, 6) is 0.475. The van der Waals surface area contributed by atoms with Gasteiger partial charge in [-0.2, -0.15) is 13.2 Å². The first kappa shape index (κ1) is 19.9. The molecule has 2 aromatic carbocycles. The molecule has 1 atom stereocenters. The van der Waals surface area contributed by atoms with E-state index in [1.165, 1.54) is 12.1 Å². The van der Waals surface area contributed by atoms with Crippen molar-refractivity contribution in [3.8, 4) is 11.3 Å². The topological polar surface area (TPSA) is 77.0 Å². The lowest BCUT2D eigenvalue weighted by Crippen LogP contribution is -2.31. The van der Waals surface area contributed by atoms with E-state index >= 15 is 0 Å². The zero-order valence-corrected chi connectivity index (χ0v) is 15.9. The summed E-state index contributed by atoms with van der Waals surface area (Å²) in [6, 6.07) is 14.4. The molecule has 0 bridgehead atoms. The third kappa shape index (κ3) is 4.60. The second-order valence-corrected chi connectivity index (χ2v) is 7.05. The first-order chi connectivity index (χ1) is 14.4. The van der Waals surface area contributed by atoms with Gasteiger partial charge in [0.1, 0.15) is 5.69 Å². The Labute approximate surface area is 170 Å². The molecule has 0 aliphatic rings. The van der Waals surface area contributed by atoms with Crippen LogP contribution >= 0.6 is 0 Å². The number of alkyl halides is 3. The lowest BCUT2D eigenvalue weighted by Gasteiger charge is -2.13. The van der Waals surface area contributed by atoms with Gasteiger partial charge in [-0.3, -0.25) is 4.98 Å². The van der Waals surface area contributed by atoms with Crippen molar-refractivity contribution in [2.45, 2.75) is 18.6 Å². The Kier molecular flexibility index (Phi) is 5.41. The summed E-state index contributed by atoms with van der Waals surface area (Å²) in [6.45, 7) is 0.388. The number of nitrogens with one attached hydrogen (secondary N) is 1. The Morgan fingerprint density at radius 1 is 1.00 bits per heavy atom. The van der Waals surface area contributed by atoms with E-state index in [4.69, 9.17) is 10.3 Å². The highest BCUT2D eigenvalue weighted by molar-refractivity contribution is 5.86. The Morgan fingerprint density at radius 3 is 2.57 bits per heavy atom. The summed E-state index contributed by atoms with van der Waals surface area (Å²) < 4.78 is 43.2. The van der Waals surface area contributed by atoms with E-state index in [1.54, 1.807) is 18.5 Å². The summed E-state index contributed by atoms with van der Waals surface area (Å²) >= 11 is 0. The molecule has 0 spiro atoms. The number of nitrogens with zero attached hydrogens (tertiary/aromatic N) is 2. The number of fused-ring (bicyclic) bond motifs is 1. The van der Waals surface area contributed by atoms with Crippen molar-refractivity contribution in [3.05, 3.63) is 78.1 Å². The van der Waals surface area contributed by atoms with Gasteiger partial charge in [-0.25, -0.2) is 0 Å².